The highest BCUT2D eigenvalue weighted by atomic mass is 32.2. The monoisotopic (exact) mass is 390 g/mol. The minimum atomic E-state index is 0.509. The molecule has 1 heteroatoms. The molecule has 0 aromatic heterocycles. The fourth-order valence-corrected chi connectivity index (χ4v) is 3.06. The molecule has 0 amide bonds. The van der Waals surface area contributed by atoms with Gasteiger partial charge in [0.2, 0.25) is 0 Å². The molecule has 0 aromatic carbocycles. The molecule has 0 fully saturated rings. The third-order valence-electron chi connectivity index (χ3n) is 4.17. The third kappa shape index (κ3) is 39.4. The summed E-state index contributed by atoms with van der Waals surface area (Å²) in [4.78, 5) is 0. The SMILES string of the molecule is CC.CC(C)CC(C)(C)C.CCC(C)C(C)(C)C.CSCCC(C)(C)C. The van der Waals surface area contributed by atoms with Gasteiger partial charge in [0.1, 0.15) is 0 Å². The molecule has 0 aliphatic heterocycles. The van der Waals surface area contributed by atoms with Crippen molar-refractivity contribution in [1.82, 2.24) is 0 Å². The van der Waals surface area contributed by atoms with Gasteiger partial charge in [0.25, 0.3) is 0 Å². The maximum absolute atomic E-state index is 2.31. The molecule has 1 atom stereocenters. The normalized spacial score (nSPS) is 12.8. The summed E-state index contributed by atoms with van der Waals surface area (Å²) in [5.74, 6) is 2.99. The Hall–Kier alpha value is 0.350. The molecule has 0 spiro atoms. The fourth-order valence-electron chi connectivity index (χ4n) is 2.25. The summed E-state index contributed by atoms with van der Waals surface area (Å²) in [5, 5.41) is 0. The molecule has 0 rings (SSSR count). The summed E-state index contributed by atoms with van der Waals surface area (Å²) in [6.07, 6.45) is 6.11. The molecule has 0 radical (unpaired) electrons. The second-order valence-electron chi connectivity index (χ2n) is 11.1. The molecule has 0 saturated heterocycles. The minimum Gasteiger partial charge on any atom is -0.165 e. The van der Waals surface area contributed by atoms with Gasteiger partial charge >= 0.3 is 0 Å². The van der Waals surface area contributed by atoms with E-state index in [4.69, 9.17) is 0 Å². The number of hydrogen-bond acceptors (Lipinski definition) is 1. The first kappa shape index (κ1) is 33.9. The molecule has 0 N–H and O–H groups in total. The number of thioether (sulfide) groups is 1. The Morgan fingerprint density at radius 3 is 1.15 bits per heavy atom. The third-order valence-corrected chi connectivity index (χ3v) is 4.78. The second-order valence-corrected chi connectivity index (χ2v) is 12.1. The standard InChI is InChI=1S/2C8H18.C7H16S.C2H6/c1-7(2)6-8(3,4)5;1-6-7(2)8(3,4)5;1-7(2,3)5-6-8-4;1-2/h2*7H,6H2,1-5H3;5-6H2,1-4H3;1-2H3. The van der Waals surface area contributed by atoms with Gasteiger partial charge in [0.05, 0.1) is 0 Å². The predicted molar refractivity (Wildman–Crippen MR) is 132 cm³/mol. The lowest BCUT2D eigenvalue weighted by Crippen LogP contribution is -2.15. The van der Waals surface area contributed by atoms with Crippen LogP contribution in [0.3, 0.4) is 0 Å². The Balaban J connectivity index is -0.000000133. The lowest BCUT2D eigenvalue weighted by Gasteiger charge is -2.25. The zero-order valence-corrected chi connectivity index (χ0v) is 22.7. The molecule has 0 bridgehead atoms. The molecular formula is C25H58S. The Kier molecular flexibility index (Phi) is 22.7. The van der Waals surface area contributed by atoms with Crippen LogP contribution in [0.25, 0.3) is 0 Å². The van der Waals surface area contributed by atoms with Gasteiger partial charge in [-0.3, -0.25) is 0 Å². The van der Waals surface area contributed by atoms with Crippen molar-refractivity contribution in [1.29, 1.82) is 0 Å². The lowest BCUT2D eigenvalue weighted by molar-refractivity contribution is 0.254. The average Bonchev–Trinajstić information content (AvgIpc) is 2.43. The molecule has 0 nitrogen and oxygen atoms in total. The Morgan fingerprint density at radius 1 is 0.731 bits per heavy atom. The van der Waals surface area contributed by atoms with Crippen molar-refractivity contribution in [2.24, 2.45) is 28.1 Å². The van der Waals surface area contributed by atoms with Crippen LogP contribution >= 0.6 is 11.8 Å². The van der Waals surface area contributed by atoms with Crippen LogP contribution in [-0.4, -0.2) is 12.0 Å². The molecule has 26 heavy (non-hydrogen) atoms. The van der Waals surface area contributed by atoms with Gasteiger partial charge in [-0.15, -0.1) is 0 Å². The largest absolute Gasteiger partial charge is 0.165 e. The van der Waals surface area contributed by atoms with Crippen molar-refractivity contribution in [3.63, 3.8) is 0 Å². The molecule has 1 unspecified atom stereocenters. The van der Waals surface area contributed by atoms with Crippen LogP contribution in [0.15, 0.2) is 0 Å². The smallest absolute Gasteiger partial charge is 0.00653 e. The topological polar surface area (TPSA) is 0 Å². The van der Waals surface area contributed by atoms with E-state index in [-0.39, 0.29) is 0 Å². The molecule has 0 aliphatic carbocycles. The maximum Gasteiger partial charge on any atom is -0.00653 e. The van der Waals surface area contributed by atoms with E-state index >= 15 is 0 Å². The quantitative estimate of drug-likeness (QED) is 0.460. The van der Waals surface area contributed by atoms with E-state index in [0.29, 0.717) is 16.2 Å². The minimum absolute atomic E-state index is 0.509. The first-order chi connectivity index (χ1) is 11.5. The summed E-state index contributed by atoms with van der Waals surface area (Å²) >= 11 is 1.93. The van der Waals surface area contributed by atoms with E-state index in [1.807, 2.05) is 25.6 Å². The Labute approximate surface area is 175 Å². The molecule has 0 heterocycles. The van der Waals surface area contributed by atoms with Crippen molar-refractivity contribution in [3.05, 3.63) is 0 Å². The van der Waals surface area contributed by atoms with E-state index in [9.17, 15) is 0 Å². The first-order valence-corrected chi connectivity index (χ1v) is 12.3. The van der Waals surface area contributed by atoms with Gasteiger partial charge in [0.15, 0.2) is 0 Å². The van der Waals surface area contributed by atoms with Crippen molar-refractivity contribution in [2.45, 2.75) is 123 Å². The van der Waals surface area contributed by atoms with Crippen LogP contribution in [0.5, 0.6) is 0 Å². The lowest BCUT2D eigenvalue weighted by atomic mass is 9.81. The average molecular weight is 391 g/mol. The van der Waals surface area contributed by atoms with Gasteiger partial charge in [-0.25, -0.2) is 0 Å². The van der Waals surface area contributed by atoms with Gasteiger partial charge in [-0.1, -0.05) is 110 Å². The van der Waals surface area contributed by atoms with Gasteiger partial charge in [0, 0.05) is 0 Å². The van der Waals surface area contributed by atoms with E-state index < -0.39 is 0 Å². The predicted octanol–water partition coefficient (Wildman–Crippen LogP) is 9.97. The summed E-state index contributed by atoms with van der Waals surface area (Å²) < 4.78 is 0. The van der Waals surface area contributed by atoms with Crippen LogP contribution in [0, 0.1) is 28.1 Å². The van der Waals surface area contributed by atoms with Crippen molar-refractivity contribution in [2.75, 3.05) is 12.0 Å². The van der Waals surface area contributed by atoms with E-state index in [1.165, 1.54) is 25.0 Å². The molecule has 0 aromatic rings. The van der Waals surface area contributed by atoms with E-state index in [2.05, 4.69) is 96.3 Å². The van der Waals surface area contributed by atoms with Crippen LogP contribution in [0.1, 0.15) is 123 Å². The van der Waals surface area contributed by atoms with Crippen LogP contribution < -0.4 is 0 Å². The Bertz CT molecular complexity index is 257. The van der Waals surface area contributed by atoms with Crippen molar-refractivity contribution in [3.8, 4) is 0 Å². The highest BCUT2D eigenvalue weighted by Gasteiger charge is 2.17. The number of hydrogen-bond donors (Lipinski definition) is 0. The van der Waals surface area contributed by atoms with Crippen LogP contribution in [0.4, 0.5) is 0 Å². The summed E-state index contributed by atoms with van der Waals surface area (Å²) in [5.41, 5.74) is 1.56. The van der Waals surface area contributed by atoms with Crippen LogP contribution in [0.2, 0.25) is 0 Å². The second kappa shape index (κ2) is 17.4. The first-order valence-electron chi connectivity index (χ1n) is 10.9. The summed E-state index contributed by atoms with van der Waals surface area (Å²) in [6.45, 7) is 33.7. The number of rotatable bonds is 4. The van der Waals surface area contributed by atoms with Crippen molar-refractivity contribution < 1.29 is 0 Å². The van der Waals surface area contributed by atoms with Crippen molar-refractivity contribution >= 4 is 11.8 Å². The Morgan fingerprint density at radius 2 is 1.12 bits per heavy atom. The molecule has 0 aliphatic rings. The summed E-state index contributed by atoms with van der Waals surface area (Å²) in [6, 6.07) is 0. The zero-order chi connectivity index (χ0) is 22.2. The fraction of sp³-hybridized carbons (Fsp3) is 1.00. The summed E-state index contributed by atoms with van der Waals surface area (Å²) in [7, 11) is 0. The van der Waals surface area contributed by atoms with Crippen LogP contribution in [-0.2, 0) is 0 Å². The van der Waals surface area contributed by atoms with Gasteiger partial charge < -0.3 is 0 Å². The van der Waals surface area contributed by atoms with E-state index in [0.717, 1.165) is 11.8 Å². The maximum atomic E-state index is 2.31. The highest BCUT2D eigenvalue weighted by Crippen LogP contribution is 2.27. The molecule has 0 saturated carbocycles. The molecular weight excluding hydrogens is 332 g/mol. The van der Waals surface area contributed by atoms with Gasteiger partial charge in [-0.2, -0.15) is 11.8 Å². The highest BCUT2D eigenvalue weighted by molar-refractivity contribution is 7.98. The van der Waals surface area contributed by atoms with Gasteiger partial charge in [-0.05, 0) is 52.9 Å². The molecule has 164 valence electrons. The zero-order valence-electron chi connectivity index (χ0n) is 21.9. The van der Waals surface area contributed by atoms with E-state index in [1.54, 1.807) is 0 Å².